The van der Waals surface area contributed by atoms with Crippen molar-refractivity contribution in [2.45, 2.75) is 26.2 Å². The maximum absolute atomic E-state index is 11.6. The van der Waals surface area contributed by atoms with Gasteiger partial charge in [0.2, 0.25) is 11.8 Å². The van der Waals surface area contributed by atoms with E-state index in [4.69, 9.17) is 0 Å². The zero-order valence-electron chi connectivity index (χ0n) is 11.9. The number of imide groups is 1. The van der Waals surface area contributed by atoms with Crippen LogP contribution in [-0.4, -0.2) is 48.9 Å². The summed E-state index contributed by atoms with van der Waals surface area (Å²) in [7, 11) is 0. The minimum absolute atomic E-state index is 0. The Kier molecular flexibility index (Phi) is 10.0. The van der Waals surface area contributed by atoms with Crippen molar-refractivity contribution in [1.29, 1.82) is 0 Å². The Balaban J connectivity index is 0.00000361. The maximum Gasteiger partial charge on any atom is 0.229 e. The topological polar surface area (TPSA) is 73.8 Å². The first-order chi connectivity index (χ1) is 9.19. The molecule has 0 aromatic heterocycles. The Labute approximate surface area is 137 Å². The van der Waals surface area contributed by atoms with Crippen LogP contribution < -0.4 is 10.6 Å². The number of nitrogens with one attached hydrogen (secondary N) is 2. The first kappa shape index (κ1) is 18.9. The first-order valence-electron chi connectivity index (χ1n) is 6.65. The molecule has 1 heterocycles. The highest BCUT2D eigenvalue weighted by atomic mass is 127. The SMILES string of the molecule is C=CCNC(=NCCN1C(=O)CCCC1=O)NCC.I. The Bertz CT molecular complexity index is 355. The van der Waals surface area contributed by atoms with Crippen molar-refractivity contribution in [2.24, 2.45) is 4.99 Å². The quantitative estimate of drug-likeness (QED) is 0.231. The lowest BCUT2D eigenvalue weighted by Gasteiger charge is -2.24. The summed E-state index contributed by atoms with van der Waals surface area (Å²) in [5.74, 6) is 0.491. The number of likely N-dealkylation sites (tertiary alicyclic amines) is 1. The van der Waals surface area contributed by atoms with Crippen molar-refractivity contribution in [2.75, 3.05) is 26.2 Å². The van der Waals surface area contributed by atoms with E-state index >= 15 is 0 Å². The second kappa shape index (κ2) is 10.6. The lowest BCUT2D eigenvalue weighted by Crippen LogP contribution is -2.42. The molecule has 1 saturated heterocycles. The smallest absolute Gasteiger partial charge is 0.229 e. The van der Waals surface area contributed by atoms with E-state index in [1.165, 1.54) is 4.90 Å². The van der Waals surface area contributed by atoms with E-state index in [0.717, 1.165) is 6.54 Å². The van der Waals surface area contributed by atoms with E-state index in [9.17, 15) is 9.59 Å². The fourth-order valence-electron chi connectivity index (χ4n) is 1.82. The van der Waals surface area contributed by atoms with E-state index in [1.807, 2.05) is 6.92 Å². The maximum atomic E-state index is 11.6. The second-order valence-electron chi connectivity index (χ2n) is 4.22. The van der Waals surface area contributed by atoms with Gasteiger partial charge in [0.25, 0.3) is 0 Å². The fraction of sp³-hybridized carbons (Fsp3) is 0.615. The summed E-state index contributed by atoms with van der Waals surface area (Å²) in [6.45, 7) is 7.73. The number of aliphatic imine (C=N–C) groups is 1. The number of carbonyl (C=O) groups is 2. The van der Waals surface area contributed by atoms with E-state index in [0.29, 0.717) is 44.9 Å². The minimum Gasteiger partial charge on any atom is -0.357 e. The van der Waals surface area contributed by atoms with Crippen molar-refractivity contribution in [3.8, 4) is 0 Å². The van der Waals surface area contributed by atoms with Gasteiger partial charge >= 0.3 is 0 Å². The number of carbonyl (C=O) groups excluding carboxylic acids is 2. The van der Waals surface area contributed by atoms with Crippen molar-refractivity contribution in [1.82, 2.24) is 15.5 Å². The Morgan fingerprint density at radius 1 is 1.35 bits per heavy atom. The molecule has 1 aliphatic rings. The number of amides is 2. The van der Waals surface area contributed by atoms with Gasteiger partial charge in [-0.05, 0) is 13.3 Å². The van der Waals surface area contributed by atoms with Gasteiger partial charge in [-0.2, -0.15) is 0 Å². The van der Waals surface area contributed by atoms with Gasteiger partial charge in [-0.15, -0.1) is 30.6 Å². The molecule has 0 aromatic rings. The van der Waals surface area contributed by atoms with Crippen LogP contribution in [0.25, 0.3) is 0 Å². The van der Waals surface area contributed by atoms with E-state index in [-0.39, 0.29) is 35.8 Å². The van der Waals surface area contributed by atoms with Crippen molar-refractivity contribution in [3.63, 3.8) is 0 Å². The average molecular weight is 394 g/mol. The molecule has 20 heavy (non-hydrogen) atoms. The molecule has 1 rings (SSSR count). The largest absolute Gasteiger partial charge is 0.357 e. The third kappa shape index (κ3) is 6.36. The zero-order valence-corrected chi connectivity index (χ0v) is 14.2. The van der Waals surface area contributed by atoms with Crippen LogP contribution in [0, 0.1) is 0 Å². The predicted octanol–water partition coefficient (Wildman–Crippen LogP) is 0.885. The number of hydrogen-bond acceptors (Lipinski definition) is 3. The number of piperidine rings is 1. The molecule has 0 atom stereocenters. The lowest BCUT2D eigenvalue weighted by molar-refractivity contribution is -0.147. The minimum atomic E-state index is -0.0875. The van der Waals surface area contributed by atoms with Gasteiger partial charge in [0.15, 0.2) is 5.96 Å². The molecule has 0 radical (unpaired) electrons. The van der Waals surface area contributed by atoms with Crippen molar-refractivity contribution >= 4 is 41.8 Å². The molecule has 7 heteroatoms. The molecule has 6 nitrogen and oxygen atoms in total. The van der Waals surface area contributed by atoms with Crippen LogP contribution in [0.2, 0.25) is 0 Å². The molecule has 1 aliphatic heterocycles. The highest BCUT2D eigenvalue weighted by molar-refractivity contribution is 14.0. The van der Waals surface area contributed by atoms with E-state index < -0.39 is 0 Å². The van der Waals surface area contributed by atoms with Crippen molar-refractivity contribution < 1.29 is 9.59 Å². The summed E-state index contributed by atoms with van der Waals surface area (Å²) in [6, 6.07) is 0. The zero-order chi connectivity index (χ0) is 14.1. The summed E-state index contributed by atoms with van der Waals surface area (Å²) in [5.41, 5.74) is 0. The summed E-state index contributed by atoms with van der Waals surface area (Å²) >= 11 is 0. The normalized spacial score (nSPS) is 15.7. The van der Waals surface area contributed by atoms with Gasteiger partial charge in [-0.3, -0.25) is 19.5 Å². The van der Waals surface area contributed by atoms with Gasteiger partial charge in [0.1, 0.15) is 0 Å². The van der Waals surface area contributed by atoms with Gasteiger partial charge in [0, 0.05) is 32.5 Å². The molecule has 0 aliphatic carbocycles. The van der Waals surface area contributed by atoms with Gasteiger partial charge in [-0.25, -0.2) is 0 Å². The fourth-order valence-corrected chi connectivity index (χ4v) is 1.82. The Hall–Kier alpha value is -1.12. The van der Waals surface area contributed by atoms with Crippen molar-refractivity contribution in [3.05, 3.63) is 12.7 Å². The standard InChI is InChI=1S/C13H22N4O2.HI/c1-3-8-15-13(14-4-2)16-9-10-17-11(18)6-5-7-12(17)19;/h3H,1,4-10H2,2H3,(H2,14,15,16);1H. The number of guanidine groups is 1. The monoisotopic (exact) mass is 394 g/mol. The number of nitrogens with zero attached hydrogens (tertiary/aromatic N) is 2. The first-order valence-corrected chi connectivity index (χ1v) is 6.65. The van der Waals surface area contributed by atoms with Gasteiger partial charge < -0.3 is 10.6 Å². The van der Waals surface area contributed by atoms with Crippen LogP contribution in [0.1, 0.15) is 26.2 Å². The Morgan fingerprint density at radius 3 is 2.55 bits per heavy atom. The number of hydrogen-bond donors (Lipinski definition) is 2. The number of rotatable bonds is 6. The molecule has 0 bridgehead atoms. The van der Waals surface area contributed by atoms with Crippen LogP contribution in [0.15, 0.2) is 17.6 Å². The average Bonchev–Trinajstić information content (AvgIpc) is 2.39. The van der Waals surface area contributed by atoms with Crippen LogP contribution >= 0.6 is 24.0 Å². The molecule has 1 fully saturated rings. The molecule has 0 unspecified atom stereocenters. The van der Waals surface area contributed by atoms with Gasteiger partial charge in [-0.1, -0.05) is 6.08 Å². The molecule has 2 amide bonds. The molecular formula is C13H23IN4O2. The molecule has 114 valence electrons. The highest BCUT2D eigenvalue weighted by Gasteiger charge is 2.24. The molecule has 0 spiro atoms. The highest BCUT2D eigenvalue weighted by Crippen LogP contribution is 2.11. The summed E-state index contributed by atoms with van der Waals surface area (Å²) in [4.78, 5) is 28.8. The lowest BCUT2D eigenvalue weighted by atomic mass is 10.1. The molecule has 0 aromatic carbocycles. The van der Waals surface area contributed by atoms with Crippen LogP contribution in [-0.2, 0) is 9.59 Å². The predicted molar refractivity (Wildman–Crippen MR) is 90.2 cm³/mol. The van der Waals surface area contributed by atoms with E-state index in [2.05, 4.69) is 22.2 Å². The summed E-state index contributed by atoms with van der Waals surface area (Å²) < 4.78 is 0. The second-order valence-corrected chi connectivity index (χ2v) is 4.22. The number of halogens is 1. The summed E-state index contributed by atoms with van der Waals surface area (Å²) in [5, 5.41) is 6.14. The third-order valence-corrected chi connectivity index (χ3v) is 2.73. The molecular weight excluding hydrogens is 371 g/mol. The van der Waals surface area contributed by atoms with Crippen LogP contribution in [0.4, 0.5) is 0 Å². The molecule has 0 saturated carbocycles. The van der Waals surface area contributed by atoms with Gasteiger partial charge in [0.05, 0.1) is 6.54 Å². The van der Waals surface area contributed by atoms with Crippen LogP contribution in [0.5, 0.6) is 0 Å². The molecule has 2 N–H and O–H groups in total. The van der Waals surface area contributed by atoms with E-state index in [1.54, 1.807) is 6.08 Å². The third-order valence-electron chi connectivity index (χ3n) is 2.73. The van der Waals surface area contributed by atoms with Crippen LogP contribution in [0.3, 0.4) is 0 Å². The summed E-state index contributed by atoms with van der Waals surface area (Å²) in [6.07, 6.45) is 3.33. The Morgan fingerprint density at radius 2 is 2.00 bits per heavy atom.